The zero-order valence-electron chi connectivity index (χ0n) is 10.6. The van der Waals surface area contributed by atoms with E-state index >= 15 is 0 Å². The Morgan fingerprint density at radius 1 is 1.53 bits per heavy atom. The van der Waals surface area contributed by atoms with Crippen LogP contribution in [-0.2, 0) is 11.3 Å². The molecule has 0 aromatic carbocycles. The maximum atomic E-state index is 11.5. The molecule has 1 aliphatic heterocycles. The Kier molecular flexibility index (Phi) is 3.46. The molecule has 2 fully saturated rings. The zero-order chi connectivity index (χ0) is 13.4. The van der Waals surface area contributed by atoms with E-state index in [-0.39, 0.29) is 6.04 Å². The van der Waals surface area contributed by atoms with Gasteiger partial charge in [-0.05, 0) is 36.3 Å². The van der Waals surface area contributed by atoms with E-state index < -0.39 is 5.97 Å². The van der Waals surface area contributed by atoms with Gasteiger partial charge in [-0.15, -0.1) is 0 Å². The lowest BCUT2D eigenvalue weighted by Gasteiger charge is -2.24. The van der Waals surface area contributed by atoms with E-state index in [2.05, 4.69) is 9.88 Å². The van der Waals surface area contributed by atoms with Crippen LogP contribution < -0.4 is 0 Å². The van der Waals surface area contributed by atoms with Crippen LogP contribution in [0.1, 0.15) is 24.8 Å². The first kappa shape index (κ1) is 12.9. The van der Waals surface area contributed by atoms with Gasteiger partial charge in [0.15, 0.2) is 0 Å². The van der Waals surface area contributed by atoms with Gasteiger partial charge < -0.3 is 5.11 Å². The molecule has 3 atom stereocenters. The number of fused-ring (bicyclic) bond motifs is 1. The second-order valence-electron chi connectivity index (χ2n) is 5.53. The summed E-state index contributed by atoms with van der Waals surface area (Å²) in [5.41, 5.74) is 0.961. The highest BCUT2D eigenvalue weighted by molar-refractivity contribution is 6.31. The van der Waals surface area contributed by atoms with Crippen molar-refractivity contribution in [2.24, 2.45) is 11.8 Å². The molecule has 2 heterocycles. The lowest BCUT2D eigenvalue weighted by Crippen LogP contribution is -2.39. The quantitative estimate of drug-likeness (QED) is 0.924. The minimum Gasteiger partial charge on any atom is -0.480 e. The molecule has 102 valence electrons. The van der Waals surface area contributed by atoms with E-state index in [0.717, 1.165) is 24.9 Å². The summed E-state index contributed by atoms with van der Waals surface area (Å²) in [5.74, 6) is 0.166. The van der Waals surface area contributed by atoms with Crippen molar-refractivity contribution in [3.8, 4) is 0 Å². The smallest absolute Gasteiger partial charge is 0.321 e. The summed E-state index contributed by atoms with van der Waals surface area (Å²) in [6.07, 6.45) is 6.69. The zero-order valence-corrected chi connectivity index (χ0v) is 11.4. The van der Waals surface area contributed by atoms with Crippen molar-refractivity contribution in [2.75, 3.05) is 6.54 Å². The number of hydrogen-bond acceptors (Lipinski definition) is 3. The van der Waals surface area contributed by atoms with Gasteiger partial charge in [-0.2, -0.15) is 0 Å². The molecule has 0 spiro atoms. The van der Waals surface area contributed by atoms with E-state index in [1.807, 2.05) is 6.07 Å². The highest BCUT2D eigenvalue weighted by Gasteiger charge is 2.47. The first-order valence-electron chi connectivity index (χ1n) is 6.72. The Bertz CT molecular complexity index is 494. The second kappa shape index (κ2) is 5.10. The fraction of sp³-hybridized carbons (Fsp3) is 0.571. The van der Waals surface area contributed by atoms with Crippen molar-refractivity contribution in [3.63, 3.8) is 0 Å². The molecule has 1 saturated carbocycles. The van der Waals surface area contributed by atoms with Gasteiger partial charge in [0.1, 0.15) is 6.04 Å². The van der Waals surface area contributed by atoms with E-state index in [0.29, 0.717) is 23.4 Å². The second-order valence-corrected chi connectivity index (χ2v) is 5.94. The third kappa shape index (κ3) is 2.35. The van der Waals surface area contributed by atoms with Crippen LogP contribution in [0.2, 0.25) is 5.02 Å². The van der Waals surface area contributed by atoms with Gasteiger partial charge in [-0.1, -0.05) is 18.0 Å². The van der Waals surface area contributed by atoms with Crippen molar-refractivity contribution in [1.29, 1.82) is 0 Å². The van der Waals surface area contributed by atoms with Crippen molar-refractivity contribution in [2.45, 2.75) is 31.8 Å². The van der Waals surface area contributed by atoms with E-state index in [4.69, 9.17) is 11.6 Å². The Balaban J connectivity index is 1.81. The van der Waals surface area contributed by atoms with E-state index in [1.54, 1.807) is 12.4 Å². The molecule has 1 aromatic heterocycles. The fourth-order valence-electron chi connectivity index (χ4n) is 3.65. The number of hydrogen-bond donors (Lipinski definition) is 1. The highest BCUT2D eigenvalue weighted by Crippen LogP contribution is 2.42. The van der Waals surface area contributed by atoms with Crippen molar-refractivity contribution < 1.29 is 9.90 Å². The van der Waals surface area contributed by atoms with Gasteiger partial charge in [-0.25, -0.2) is 0 Å². The SMILES string of the molecule is O=C(O)C1C2CCCC2CN1Cc1ccncc1Cl. The molecule has 1 N–H and O–H groups in total. The Morgan fingerprint density at radius 3 is 3.11 bits per heavy atom. The Hall–Kier alpha value is -1.13. The molecule has 3 unspecified atom stereocenters. The number of aliphatic carboxylic acids is 1. The van der Waals surface area contributed by atoms with Crippen LogP contribution in [-0.4, -0.2) is 33.5 Å². The molecule has 0 radical (unpaired) electrons. The Labute approximate surface area is 117 Å². The average molecular weight is 281 g/mol. The fourth-order valence-corrected chi connectivity index (χ4v) is 3.83. The summed E-state index contributed by atoms with van der Waals surface area (Å²) in [6.45, 7) is 1.48. The maximum absolute atomic E-state index is 11.5. The molecule has 3 rings (SSSR count). The molecule has 1 aliphatic carbocycles. The monoisotopic (exact) mass is 280 g/mol. The summed E-state index contributed by atoms with van der Waals surface area (Å²) in [5, 5.41) is 10.1. The molecule has 2 aliphatic rings. The van der Waals surface area contributed by atoms with Crippen molar-refractivity contribution >= 4 is 17.6 Å². The molecule has 0 bridgehead atoms. The standard InChI is InChI=1S/C14H17ClN2O2/c15-12-6-16-5-4-10(12)8-17-7-9-2-1-3-11(9)13(17)14(18)19/h4-6,9,11,13H,1-3,7-8H2,(H,18,19). The normalized spacial score (nSPS) is 30.5. The van der Waals surface area contributed by atoms with Gasteiger partial charge in [-0.3, -0.25) is 14.7 Å². The molecule has 1 saturated heterocycles. The molecule has 1 aromatic rings. The molecule has 4 nitrogen and oxygen atoms in total. The van der Waals surface area contributed by atoms with Crippen LogP contribution in [0.3, 0.4) is 0 Å². The van der Waals surface area contributed by atoms with Gasteiger partial charge in [0.05, 0.1) is 5.02 Å². The number of aromatic nitrogens is 1. The molecule has 5 heteroatoms. The van der Waals surface area contributed by atoms with Crippen LogP contribution in [0.5, 0.6) is 0 Å². The third-order valence-corrected chi connectivity index (χ3v) is 4.81. The molecule has 19 heavy (non-hydrogen) atoms. The molecule has 0 amide bonds. The van der Waals surface area contributed by atoms with Gasteiger partial charge in [0, 0.05) is 25.5 Å². The number of carboxylic acids is 1. The van der Waals surface area contributed by atoms with Crippen LogP contribution >= 0.6 is 11.6 Å². The minimum atomic E-state index is -0.695. The largest absolute Gasteiger partial charge is 0.480 e. The maximum Gasteiger partial charge on any atom is 0.321 e. The number of pyridine rings is 1. The lowest BCUT2D eigenvalue weighted by atomic mass is 9.94. The average Bonchev–Trinajstić information content (AvgIpc) is 2.91. The van der Waals surface area contributed by atoms with Crippen LogP contribution in [0.15, 0.2) is 18.5 Å². The number of nitrogens with zero attached hydrogens (tertiary/aromatic N) is 2. The number of carbonyl (C=O) groups is 1. The van der Waals surface area contributed by atoms with E-state index in [1.165, 1.54) is 6.42 Å². The molecular formula is C14H17ClN2O2. The van der Waals surface area contributed by atoms with Crippen LogP contribution in [0.4, 0.5) is 0 Å². The predicted molar refractivity (Wildman–Crippen MR) is 71.9 cm³/mol. The number of halogens is 1. The summed E-state index contributed by atoms with van der Waals surface area (Å²) in [7, 11) is 0. The first-order valence-corrected chi connectivity index (χ1v) is 7.10. The van der Waals surface area contributed by atoms with Crippen molar-refractivity contribution in [1.82, 2.24) is 9.88 Å². The van der Waals surface area contributed by atoms with Crippen LogP contribution in [0, 0.1) is 11.8 Å². The highest BCUT2D eigenvalue weighted by atomic mass is 35.5. The van der Waals surface area contributed by atoms with Crippen LogP contribution in [0.25, 0.3) is 0 Å². The lowest BCUT2D eigenvalue weighted by molar-refractivity contribution is -0.143. The summed E-state index contributed by atoms with van der Waals surface area (Å²) in [4.78, 5) is 17.6. The van der Waals surface area contributed by atoms with Crippen molar-refractivity contribution in [3.05, 3.63) is 29.0 Å². The number of likely N-dealkylation sites (tertiary alicyclic amines) is 1. The summed E-state index contributed by atoms with van der Waals surface area (Å²) >= 11 is 6.11. The van der Waals surface area contributed by atoms with E-state index in [9.17, 15) is 9.90 Å². The minimum absolute atomic E-state index is 0.318. The first-order chi connectivity index (χ1) is 9.16. The molecular weight excluding hydrogens is 264 g/mol. The summed E-state index contributed by atoms with van der Waals surface area (Å²) in [6, 6.07) is 1.52. The van der Waals surface area contributed by atoms with Gasteiger partial charge >= 0.3 is 5.97 Å². The number of carboxylic acid groups (broad SMARTS) is 1. The summed E-state index contributed by atoms with van der Waals surface area (Å²) < 4.78 is 0. The third-order valence-electron chi connectivity index (χ3n) is 4.47. The van der Waals surface area contributed by atoms with Gasteiger partial charge in [0.2, 0.25) is 0 Å². The number of rotatable bonds is 3. The Morgan fingerprint density at radius 2 is 2.37 bits per heavy atom. The topological polar surface area (TPSA) is 53.4 Å². The predicted octanol–water partition coefficient (Wildman–Crippen LogP) is 2.42. The van der Waals surface area contributed by atoms with Gasteiger partial charge in [0.25, 0.3) is 0 Å².